The largest absolute Gasteiger partial charge is 0.472 e. The number of aromatic amines is 2. The fourth-order valence-electron chi connectivity index (χ4n) is 4.27. The van der Waals surface area contributed by atoms with Crippen molar-refractivity contribution in [3.8, 4) is 33.8 Å². The first-order valence-electron chi connectivity index (χ1n) is 11.8. The van der Waals surface area contributed by atoms with E-state index in [9.17, 15) is 4.79 Å². The number of nitrogens with zero attached hydrogens (tertiary/aromatic N) is 4. The van der Waals surface area contributed by atoms with Gasteiger partial charge in [0, 0.05) is 40.9 Å². The van der Waals surface area contributed by atoms with Crippen LogP contribution in [0.3, 0.4) is 0 Å². The Morgan fingerprint density at radius 1 is 1.08 bits per heavy atom. The van der Waals surface area contributed by atoms with Gasteiger partial charge in [0.05, 0.1) is 29.9 Å². The highest BCUT2D eigenvalue weighted by Crippen LogP contribution is 2.33. The van der Waals surface area contributed by atoms with Crippen molar-refractivity contribution >= 4 is 33.7 Å². The Bertz CT molecular complexity index is 1680. The number of pyridine rings is 2. The number of anilines is 1. The van der Waals surface area contributed by atoms with Crippen molar-refractivity contribution in [3.05, 3.63) is 67.5 Å². The molecule has 5 aromatic heterocycles. The Labute approximate surface area is 206 Å². The molecule has 1 aromatic carbocycles. The van der Waals surface area contributed by atoms with E-state index in [0.717, 1.165) is 51.5 Å². The molecule has 0 spiro atoms. The number of imidazole rings is 1. The number of benzene rings is 1. The summed E-state index contributed by atoms with van der Waals surface area (Å²) < 4.78 is 5.25. The summed E-state index contributed by atoms with van der Waals surface area (Å²) in [5.74, 6) is 0.614. The summed E-state index contributed by atoms with van der Waals surface area (Å²) in [6.45, 7) is 2.07. The standard InChI is InChI=1S/C27H23N7O2/c1-2-3-4-23(35)30-19-11-18(13-28-14-19)16-5-6-22-21(12-16)25(34-33-22)27-31-24-20(17-8-10-36-15-17)7-9-29-26(24)32-27/h5-15H,2-4H2,1H3,(H,30,35)(H,33,34)(H,29,31,32). The second-order valence-electron chi connectivity index (χ2n) is 8.60. The molecule has 5 heterocycles. The zero-order valence-electron chi connectivity index (χ0n) is 19.6. The number of aromatic nitrogens is 6. The van der Waals surface area contributed by atoms with E-state index in [1.165, 1.54) is 0 Å². The summed E-state index contributed by atoms with van der Waals surface area (Å²) in [7, 11) is 0. The summed E-state index contributed by atoms with van der Waals surface area (Å²) in [6.07, 6.45) is 10.9. The summed E-state index contributed by atoms with van der Waals surface area (Å²) in [6, 6.07) is 11.8. The number of fused-ring (bicyclic) bond motifs is 2. The van der Waals surface area contributed by atoms with E-state index in [-0.39, 0.29) is 5.91 Å². The van der Waals surface area contributed by atoms with Gasteiger partial charge < -0.3 is 14.7 Å². The van der Waals surface area contributed by atoms with Crippen molar-refractivity contribution in [3.63, 3.8) is 0 Å². The molecule has 1 amide bonds. The van der Waals surface area contributed by atoms with Gasteiger partial charge >= 0.3 is 0 Å². The van der Waals surface area contributed by atoms with Crippen LogP contribution in [0.1, 0.15) is 26.2 Å². The molecule has 0 atom stereocenters. The van der Waals surface area contributed by atoms with Crippen molar-refractivity contribution in [2.45, 2.75) is 26.2 Å². The Balaban J connectivity index is 1.37. The van der Waals surface area contributed by atoms with E-state index in [0.29, 0.717) is 29.3 Å². The number of nitrogens with one attached hydrogen (secondary N) is 3. The predicted molar refractivity (Wildman–Crippen MR) is 138 cm³/mol. The fourth-order valence-corrected chi connectivity index (χ4v) is 4.27. The van der Waals surface area contributed by atoms with Gasteiger partial charge in [0.1, 0.15) is 11.2 Å². The highest BCUT2D eigenvalue weighted by atomic mass is 16.3. The quantitative estimate of drug-likeness (QED) is 0.261. The Morgan fingerprint density at radius 2 is 2.03 bits per heavy atom. The van der Waals surface area contributed by atoms with Crippen LogP contribution >= 0.6 is 0 Å². The van der Waals surface area contributed by atoms with E-state index in [4.69, 9.17) is 9.40 Å². The molecule has 0 aliphatic rings. The SMILES string of the molecule is CCCCC(=O)Nc1cncc(-c2ccc3[nH]nc(-c4nc5c(-c6ccoc6)ccnc5[nH]4)c3c2)c1. The molecule has 6 rings (SSSR count). The highest BCUT2D eigenvalue weighted by Gasteiger charge is 2.17. The maximum atomic E-state index is 12.2. The lowest BCUT2D eigenvalue weighted by Gasteiger charge is -2.07. The molecule has 0 fully saturated rings. The third-order valence-corrected chi connectivity index (χ3v) is 6.12. The molecule has 0 unspecified atom stereocenters. The number of furan rings is 1. The molecule has 178 valence electrons. The predicted octanol–water partition coefficient (Wildman–Crippen LogP) is 5.95. The molecule has 9 nitrogen and oxygen atoms in total. The summed E-state index contributed by atoms with van der Waals surface area (Å²) in [4.78, 5) is 29.1. The summed E-state index contributed by atoms with van der Waals surface area (Å²) >= 11 is 0. The zero-order chi connectivity index (χ0) is 24.5. The smallest absolute Gasteiger partial charge is 0.224 e. The number of unbranched alkanes of at least 4 members (excludes halogenated alkanes) is 1. The van der Waals surface area contributed by atoms with Crippen LogP contribution in [0.5, 0.6) is 0 Å². The fraction of sp³-hybridized carbons (Fsp3) is 0.148. The zero-order valence-corrected chi connectivity index (χ0v) is 19.6. The lowest BCUT2D eigenvalue weighted by atomic mass is 10.0. The lowest BCUT2D eigenvalue weighted by Crippen LogP contribution is -2.11. The highest BCUT2D eigenvalue weighted by molar-refractivity contribution is 5.97. The topological polar surface area (TPSA) is 125 Å². The lowest BCUT2D eigenvalue weighted by molar-refractivity contribution is -0.116. The van der Waals surface area contributed by atoms with E-state index in [1.54, 1.807) is 31.1 Å². The van der Waals surface area contributed by atoms with Crippen LogP contribution in [-0.4, -0.2) is 36.0 Å². The summed E-state index contributed by atoms with van der Waals surface area (Å²) in [5, 5.41) is 11.5. The van der Waals surface area contributed by atoms with Crippen LogP contribution in [0.15, 0.2) is 71.9 Å². The van der Waals surface area contributed by atoms with Gasteiger partial charge in [-0.2, -0.15) is 5.10 Å². The van der Waals surface area contributed by atoms with Gasteiger partial charge in [0.25, 0.3) is 0 Å². The van der Waals surface area contributed by atoms with E-state index < -0.39 is 0 Å². The first kappa shape index (κ1) is 21.7. The number of hydrogen-bond donors (Lipinski definition) is 3. The van der Waals surface area contributed by atoms with Crippen molar-refractivity contribution in [2.75, 3.05) is 5.32 Å². The monoisotopic (exact) mass is 477 g/mol. The molecule has 0 saturated heterocycles. The normalized spacial score (nSPS) is 11.4. The molecular formula is C27H23N7O2. The van der Waals surface area contributed by atoms with E-state index in [2.05, 4.69) is 37.4 Å². The second kappa shape index (κ2) is 9.10. The number of H-pyrrole nitrogens is 2. The second-order valence-corrected chi connectivity index (χ2v) is 8.60. The van der Waals surface area contributed by atoms with Crippen LogP contribution in [-0.2, 0) is 4.79 Å². The van der Waals surface area contributed by atoms with Gasteiger partial charge in [0.2, 0.25) is 5.91 Å². The number of hydrogen-bond acceptors (Lipinski definition) is 6. The van der Waals surface area contributed by atoms with Crippen LogP contribution in [0.25, 0.3) is 55.8 Å². The molecule has 6 aromatic rings. The minimum absolute atomic E-state index is 0.00309. The first-order valence-corrected chi connectivity index (χ1v) is 11.8. The first-order chi connectivity index (χ1) is 17.7. The van der Waals surface area contributed by atoms with Gasteiger partial charge in [-0.25, -0.2) is 9.97 Å². The number of rotatable bonds is 7. The van der Waals surface area contributed by atoms with Crippen molar-refractivity contribution in [1.29, 1.82) is 0 Å². The molecule has 9 heteroatoms. The third-order valence-electron chi connectivity index (χ3n) is 6.12. The maximum Gasteiger partial charge on any atom is 0.224 e. The van der Waals surface area contributed by atoms with Crippen LogP contribution < -0.4 is 5.32 Å². The number of carbonyl (C=O) groups is 1. The van der Waals surface area contributed by atoms with Gasteiger partial charge in [-0.05, 0) is 42.3 Å². The maximum absolute atomic E-state index is 12.2. The van der Waals surface area contributed by atoms with Crippen LogP contribution in [0.4, 0.5) is 5.69 Å². The van der Waals surface area contributed by atoms with E-state index >= 15 is 0 Å². The molecule has 0 aliphatic heterocycles. The van der Waals surface area contributed by atoms with Crippen molar-refractivity contribution in [2.24, 2.45) is 0 Å². The van der Waals surface area contributed by atoms with Crippen molar-refractivity contribution in [1.82, 2.24) is 30.1 Å². The molecule has 0 aliphatic carbocycles. The van der Waals surface area contributed by atoms with Gasteiger partial charge in [-0.3, -0.25) is 14.9 Å². The van der Waals surface area contributed by atoms with Gasteiger partial charge in [0.15, 0.2) is 11.5 Å². The molecule has 36 heavy (non-hydrogen) atoms. The van der Waals surface area contributed by atoms with Crippen LogP contribution in [0.2, 0.25) is 0 Å². The molecule has 0 radical (unpaired) electrons. The minimum atomic E-state index is -0.00309. The van der Waals surface area contributed by atoms with Gasteiger partial charge in [-0.15, -0.1) is 0 Å². The van der Waals surface area contributed by atoms with E-state index in [1.807, 2.05) is 36.4 Å². The summed E-state index contributed by atoms with van der Waals surface area (Å²) in [5.41, 5.74) is 7.39. The van der Waals surface area contributed by atoms with Gasteiger partial charge in [-0.1, -0.05) is 19.4 Å². The Morgan fingerprint density at radius 3 is 2.89 bits per heavy atom. The number of amides is 1. The molecule has 3 N–H and O–H groups in total. The Kier molecular flexibility index (Phi) is 5.49. The van der Waals surface area contributed by atoms with Crippen LogP contribution in [0, 0.1) is 0 Å². The molecule has 0 saturated carbocycles. The molecular weight excluding hydrogens is 454 g/mol. The third kappa shape index (κ3) is 4.00. The average molecular weight is 478 g/mol. The van der Waals surface area contributed by atoms with Crippen molar-refractivity contribution < 1.29 is 9.21 Å². The molecule has 0 bridgehead atoms. The average Bonchev–Trinajstić information content (AvgIpc) is 3.66. The minimum Gasteiger partial charge on any atom is -0.472 e. The number of carbonyl (C=O) groups excluding carboxylic acids is 1. The Hall–Kier alpha value is -4.79.